The number of benzene rings is 2. The number of carbonyl (C=O) groups is 1. The van der Waals surface area contributed by atoms with Gasteiger partial charge in [0.25, 0.3) is 5.91 Å². The molecule has 0 radical (unpaired) electrons. The van der Waals surface area contributed by atoms with E-state index < -0.39 is 0 Å². The van der Waals surface area contributed by atoms with E-state index in [9.17, 15) is 4.79 Å². The molecule has 2 aromatic rings. The van der Waals surface area contributed by atoms with Crippen LogP contribution in [0, 0.1) is 18.3 Å². The van der Waals surface area contributed by atoms with E-state index in [1.165, 1.54) is 7.11 Å². The summed E-state index contributed by atoms with van der Waals surface area (Å²) in [7, 11) is 3.12. The minimum absolute atomic E-state index is 0.132. The highest BCUT2D eigenvalue weighted by Crippen LogP contribution is 2.27. The molecule has 6 nitrogen and oxygen atoms in total. The smallest absolute Gasteiger partial charge is 0.257 e. The van der Waals surface area contributed by atoms with E-state index in [-0.39, 0.29) is 12.5 Å². The minimum atomic E-state index is -0.233. The van der Waals surface area contributed by atoms with Gasteiger partial charge in [-0.25, -0.2) is 0 Å². The molecule has 1 amide bonds. The number of nitrogens with zero attached hydrogens (tertiary/aromatic N) is 1. The van der Waals surface area contributed by atoms with Gasteiger partial charge in [-0.05, 0) is 37.1 Å². The molecule has 0 aliphatic heterocycles. The maximum atomic E-state index is 12.0. The number of hydrogen-bond acceptors (Lipinski definition) is 5. The van der Waals surface area contributed by atoms with E-state index in [0.29, 0.717) is 30.0 Å². The summed E-state index contributed by atoms with van der Waals surface area (Å²) in [6, 6.07) is 12.8. The Morgan fingerprint density at radius 3 is 2.50 bits per heavy atom. The lowest BCUT2D eigenvalue weighted by molar-refractivity contribution is -0.123. The molecular weight excluding hydrogens is 332 g/mol. The van der Waals surface area contributed by atoms with Gasteiger partial charge in [-0.1, -0.05) is 17.7 Å². The van der Waals surface area contributed by atoms with Gasteiger partial charge in [0.15, 0.2) is 18.1 Å². The SMILES string of the molecule is COc1ccc(C)cc1CCNC(=O)COc1ccc(C#N)cc1OC. The van der Waals surface area contributed by atoms with Crippen molar-refractivity contribution in [1.82, 2.24) is 5.32 Å². The van der Waals surface area contributed by atoms with Gasteiger partial charge in [0, 0.05) is 12.6 Å². The van der Waals surface area contributed by atoms with Crippen LogP contribution in [0.25, 0.3) is 0 Å². The van der Waals surface area contributed by atoms with Gasteiger partial charge in [-0.15, -0.1) is 0 Å². The monoisotopic (exact) mass is 354 g/mol. The fourth-order valence-corrected chi connectivity index (χ4v) is 2.49. The van der Waals surface area contributed by atoms with Crippen LogP contribution in [0.3, 0.4) is 0 Å². The van der Waals surface area contributed by atoms with Gasteiger partial charge in [0.1, 0.15) is 5.75 Å². The first-order valence-electron chi connectivity index (χ1n) is 8.18. The lowest BCUT2D eigenvalue weighted by atomic mass is 10.1. The fraction of sp³-hybridized carbons (Fsp3) is 0.300. The third-order valence-electron chi connectivity index (χ3n) is 3.80. The van der Waals surface area contributed by atoms with Gasteiger partial charge >= 0.3 is 0 Å². The van der Waals surface area contributed by atoms with Gasteiger partial charge in [-0.3, -0.25) is 4.79 Å². The molecule has 136 valence electrons. The Bertz CT molecular complexity index is 812. The third-order valence-corrected chi connectivity index (χ3v) is 3.80. The zero-order chi connectivity index (χ0) is 18.9. The number of nitrogens with one attached hydrogen (secondary N) is 1. The van der Waals surface area contributed by atoms with Crippen LogP contribution in [0.1, 0.15) is 16.7 Å². The topological polar surface area (TPSA) is 80.6 Å². The predicted octanol–water partition coefficient (Wildman–Crippen LogP) is 2.62. The summed E-state index contributed by atoms with van der Waals surface area (Å²) in [5.41, 5.74) is 2.65. The number of carbonyl (C=O) groups excluding carboxylic acids is 1. The summed E-state index contributed by atoms with van der Waals surface area (Å²) < 4.78 is 16.0. The maximum absolute atomic E-state index is 12.0. The van der Waals surface area contributed by atoms with E-state index in [4.69, 9.17) is 19.5 Å². The summed E-state index contributed by atoms with van der Waals surface area (Å²) in [5.74, 6) is 1.41. The van der Waals surface area contributed by atoms with E-state index in [0.717, 1.165) is 16.9 Å². The molecule has 0 heterocycles. The van der Waals surface area contributed by atoms with Crippen molar-refractivity contribution in [3.8, 4) is 23.3 Å². The molecule has 2 aromatic carbocycles. The molecule has 0 bridgehead atoms. The van der Waals surface area contributed by atoms with Crippen molar-refractivity contribution in [1.29, 1.82) is 5.26 Å². The molecule has 1 N–H and O–H groups in total. The Kier molecular flexibility index (Phi) is 6.86. The molecule has 0 atom stereocenters. The summed E-state index contributed by atoms with van der Waals surface area (Å²) in [6.45, 7) is 2.36. The summed E-state index contributed by atoms with van der Waals surface area (Å²) >= 11 is 0. The first-order valence-corrected chi connectivity index (χ1v) is 8.18. The Balaban J connectivity index is 1.85. The second-order valence-corrected chi connectivity index (χ2v) is 5.68. The number of amides is 1. The van der Waals surface area contributed by atoms with Crippen LogP contribution in [-0.4, -0.2) is 33.3 Å². The van der Waals surface area contributed by atoms with Gasteiger partial charge in [-0.2, -0.15) is 5.26 Å². The van der Waals surface area contributed by atoms with E-state index in [2.05, 4.69) is 5.32 Å². The van der Waals surface area contributed by atoms with E-state index in [1.807, 2.05) is 31.2 Å². The molecule has 0 aliphatic rings. The normalized spacial score (nSPS) is 9.92. The summed E-state index contributed by atoms with van der Waals surface area (Å²) in [6.07, 6.45) is 0.663. The fourth-order valence-electron chi connectivity index (χ4n) is 2.49. The van der Waals surface area contributed by atoms with E-state index in [1.54, 1.807) is 25.3 Å². The Labute approximate surface area is 153 Å². The Hall–Kier alpha value is -3.20. The predicted molar refractivity (Wildman–Crippen MR) is 97.6 cm³/mol. The zero-order valence-corrected chi connectivity index (χ0v) is 15.2. The van der Waals surface area contributed by atoms with Crippen LogP contribution >= 0.6 is 0 Å². The summed E-state index contributed by atoms with van der Waals surface area (Å²) in [5, 5.41) is 11.7. The standard InChI is InChI=1S/C20H22N2O4/c1-14-4-6-17(24-2)16(10-14)8-9-22-20(23)13-26-18-7-5-15(12-21)11-19(18)25-3/h4-7,10-11H,8-9,13H2,1-3H3,(H,22,23). The lowest BCUT2D eigenvalue weighted by Gasteiger charge is -2.12. The van der Waals surface area contributed by atoms with Crippen LogP contribution in [0.2, 0.25) is 0 Å². The molecule has 0 aromatic heterocycles. The van der Waals surface area contributed by atoms with Gasteiger partial charge < -0.3 is 19.5 Å². The number of aryl methyl sites for hydroxylation is 1. The molecule has 0 saturated carbocycles. The number of methoxy groups -OCH3 is 2. The van der Waals surface area contributed by atoms with Crippen LogP contribution in [0.15, 0.2) is 36.4 Å². The number of ether oxygens (including phenoxy) is 3. The molecule has 0 saturated heterocycles. The minimum Gasteiger partial charge on any atom is -0.496 e. The van der Waals surface area contributed by atoms with Crippen LogP contribution < -0.4 is 19.5 Å². The van der Waals surface area contributed by atoms with Gasteiger partial charge in [0.05, 0.1) is 25.9 Å². The molecular formula is C20H22N2O4. The van der Waals surface area contributed by atoms with Crippen molar-refractivity contribution >= 4 is 5.91 Å². The summed E-state index contributed by atoms with van der Waals surface area (Å²) in [4.78, 5) is 12.0. The maximum Gasteiger partial charge on any atom is 0.257 e. The highest BCUT2D eigenvalue weighted by Gasteiger charge is 2.09. The van der Waals surface area contributed by atoms with Crippen molar-refractivity contribution in [3.63, 3.8) is 0 Å². The molecule has 26 heavy (non-hydrogen) atoms. The average Bonchev–Trinajstić information content (AvgIpc) is 2.66. The second-order valence-electron chi connectivity index (χ2n) is 5.68. The molecule has 0 unspecified atom stereocenters. The van der Waals surface area contributed by atoms with Crippen LogP contribution in [0.4, 0.5) is 0 Å². The Morgan fingerprint density at radius 2 is 1.81 bits per heavy atom. The second kappa shape index (κ2) is 9.33. The third kappa shape index (κ3) is 5.15. The lowest BCUT2D eigenvalue weighted by Crippen LogP contribution is -2.30. The molecule has 0 aliphatic carbocycles. The van der Waals surface area contributed by atoms with Gasteiger partial charge in [0.2, 0.25) is 0 Å². The van der Waals surface area contributed by atoms with Crippen molar-refractivity contribution in [2.24, 2.45) is 0 Å². The van der Waals surface area contributed by atoms with Crippen molar-refractivity contribution in [3.05, 3.63) is 53.1 Å². The number of rotatable bonds is 8. The number of nitriles is 1. The van der Waals surface area contributed by atoms with Crippen molar-refractivity contribution < 1.29 is 19.0 Å². The molecule has 0 fully saturated rings. The highest BCUT2D eigenvalue weighted by atomic mass is 16.5. The van der Waals surface area contributed by atoms with Crippen molar-refractivity contribution in [2.75, 3.05) is 27.4 Å². The first kappa shape index (κ1) is 19.1. The molecule has 6 heteroatoms. The quantitative estimate of drug-likeness (QED) is 0.788. The first-order chi connectivity index (χ1) is 12.6. The molecule has 0 spiro atoms. The molecule has 2 rings (SSSR count). The Morgan fingerprint density at radius 1 is 1.08 bits per heavy atom. The van der Waals surface area contributed by atoms with Crippen LogP contribution in [0.5, 0.6) is 17.2 Å². The average molecular weight is 354 g/mol. The zero-order valence-electron chi connectivity index (χ0n) is 15.2. The number of hydrogen-bond donors (Lipinski definition) is 1. The largest absolute Gasteiger partial charge is 0.496 e. The van der Waals surface area contributed by atoms with E-state index >= 15 is 0 Å². The highest BCUT2D eigenvalue weighted by molar-refractivity contribution is 5.77. The van der Waals surface area contributed by atoms with Crippen molar-refractivity contribution in [2.45, 2.75) is 13.3 Å². The van der Waals surface area contributed by atoms with Crippen LogP contribution in [-0.2, 0) is 11.2 Å².